The summed E-state index contributed by atoms with van der Waals surface area (Å²) < 4.78 is 30.0. The average molecular weight is 274 g/mol. The predicted molar refractivity (Wildman–Crippen MR) is 64.2 cm³/mol. The molecule has 0 aromatic rings. The zero-order chi connectivity index (χ0) is 12.7. The SMILES string of the molecule is COCCC(C)(O)CNS(=O)(=O)CCCCl. The van der Waals surface area contributed by atoms with Gasteiger partial charge in [-0.05, 0) is 13.3 Å². The molecule has 0 spiro atoms. The van der Waals surface area contributed by atoms with Crippen molar-refractivity contribution in [2.45, 2.75) is 25.4 Å². The van der Waals surface area contributed by atoms with Crippen LogP contribution >= 0.6 is 11.6 Å². The number of methoxy groups -OCH3 is 1. The summed E-state index contributed by atoms with van der Waals surface area (Å²) in [6, 6.07) is 0. The minimum atomic E-state index is -3.34. The highest BCUT2D eigenvalue weighted by Crippen LogP contribution is 2.08. The lowest BCUT2D eigenvalue weighted by Crippen LogP contribution is -2.42. The molecule has 0 aromatic heterocycles. The summed E-state index contributed by atoms with van der Waals surface area (Å²) in [5.74, 6) is 0.290. The quantitative estimate of drug-likeness (QED) is 0.594. The summed E-state index contributed by atoms with van der Waals surface area (Å²) in [5, 5.41) is 9.80. The second-order valence-corrected chi connectivity index (χ2v) is 6.23. The fraction of sp³-hybridized carbons (Fsp3) is 1.00. The van der Waals surface area contributed by atoms with Crippen LogP contribution in [-0.4, -0.2) is 51.0 Å². The first-order valence-electron chi connectivity index (χ1n) is 5.07. The van der Waals surface area contributed by atoms with E-state index in [1.165, 1.54) is 7.11 Å². The maximum Gasteiger partial charge on any atom is 0.211 e. The zero-order valence-corrected chi connectivity index (χ0v) is 11.3. The van der Waals surface area contributed by atoms with Gasteiger partial charge in [-0.1, -0.05) is 0 Å². The fourth-order valence-electron chi connectivity index (χ4n) is 0.992. The molecule has 0 saturated carbocycles. The van der Waals surface area contributed by atoms with Crippen LogP contribution in [0.4, 0.5) is 0 Å². The number of hydrogen-bond acceptors (Lipinski definition) is 4. The molecule has 0 aliphatic carbocycles. The van der Waals surface area contributed by atoms with E-state index in [1.807, 2.05) is 0 Å². The molecule has 0 heterocycles. The first-order valence-corrected chi connectivity index (χ1v) is 7.26. The third kappa shape index (κ3) is 8.29. The van der Waals surface area contributed by atoms with Crippen LogP contribution in [-0.2, 0) is 14.8 Å². The van der Waals surface area contributed by atoms with Gasteiger partial charge in [0, 0.05) is 32.6 Å². The van der Waals surface area contributed by atoms with E-state index in [9.17, 15) is 13.5 Å². The molecule has 0 fully saturated rings. The van der Waals surface area contributed by atoms with Crippen molar-refractivity contribution in [3.8, 4) is 0 Å². The van der Waals surface area contributed by atoms with Gasteiger partial charge in [0.25, 0.3) is 0 Å². The standard InChI is InChI=1S/C9H20ClNO4S/c1-9(12,4-6-15-2)8-11-16(13,14)7-3-5-10/h11-12H,3-8H2,1-2H3. The predicted octanol–water partition coefficient (Wildman–Crippen LogP) is 0.322. The van der Waals surface area contributed by atoms with E-state index in [2.05, 4.69) is 4.72 Å². The van der Waals surface area contributed by atoms with Crippen molar-refractivity contribution in [1.82, 2.24) is 4.72 Å². The molecule has 98 valence electrons. The van der Waals surface area contributed by atoms with Gasteiger partial charge in [-0.2, -0.15) is 0 Å². The zero-order valence-electron chi connectivity index (χ0n) is 9.70. The maximum atomic E-state index is 11.4. The molecular weight excluding hydrogens is 254 g/mol. The van der Waals surface area contributed by atoms with Crippen molar-refractivity contribution in [2.24, 2.45) is 0 Å². The van der Waals surface area contributed by atoms with Crippen molar-refractivity contribution in [3.05, 3.63) is 0 Å². The van der Waals surface area contributed by atoms with Gasteiger partial charge in [-0.25, -0.2) is 13.1 Å². The highest BCUT2D eigenvalue weighted by atomic mass is 35.5. The van der Waals surface area contributed by atoms with Gasteiger partial charge in [0.2, 0.25) is 10.0 Å². The van der Waals surface area contributed by atoms with E-state index in [-0.39, 0.29) is 12.3 Å². The van der Waals surface area contributed by atoms with E-state index in [4.69, 9.17) is 16.3 Å². The van der Waals surface area contributed by atoms with Crippen molar-refractivity contribution in [3.63, 3.8) is 0 Å². The van der Waals surface area contributed by atoms with Crippen molar-refractivity contribution >= 4 is 21.6 Å². The van der Waals surface area contributed by atoms with E-state index in [0.29, 0.717) is 25.3 Å². The van der Waals surface area contributed by atoms with E-state index < -0.39 is 15.6 Å². The van der Waals surface area contributed by atoms with Crippen molar-refractivity contribution < 1.29 is 18.3 Å². The smallest absolute Gasteiger partial charge is 0.211 e. The van der Waals surface area contributed by atoms with E-state index in [0.717, 1.165) is 0 Å². The first-order chi connectivity index (χ1) is 7.33. The Morgan fingerprint density at radius 1 is 1.50 bits per heavy atom. The van der Waals surface area contributed by atoms with Crippen LogP contribution in [0.2, 0.25) is 0 Å². The van der Waals surface area contributed by atoms with E-state index >= 15 is 0 Å². The molecule has 5 nitrogen and oxygen atoms in total. The molecule has 0 aliphatic rings. The monoisotopic (exact) mass is 273 g/mol. The van der Waals surface area contributed by atoms with Gasteiger partial charge in [0.15, 0.2) is 0 Å². The third-order valence-corrected chi connectivity index (χ3v) is 3.74. The van der Waals surface area contributed by atoms with Gasteiger partial charge in [-0.3, -0.25) is 0 Å². The minimum absolute atomic E-state index is 0.0129. The lowest BCUT2D eigenvalue weighted by atomic mass is 10.0. The molecule has 0 bridgehead atoms. The van der Waals surface area contributed by atoms with Crippen LogP contribution in [0.15, 0.2) is 0 Å². The second-order valence-electron chi connectivity index (χ2n) is 3.92. The fourth-order valence-corrected chi connectivity index (χ4v) is 2.48. The van der Waals surface area contributed by atoms with Crippen molar-refractivity contribution in [2.75, 3.05) is 31.9 Å². The minimum Gasteiger partial charge on any atom is -0.389 e. The van der Waals surface area contributed by atoms with Gasteiger partial charge in [0.1, 0.15) is 0 Å². The van der Waals surface area contributed by atoms with Crippen LogP contribution in [0.5, 0.6) is 0 Å². The summed E-state index contributed by atoms with van der Waals surface area (Å²) >= 11 is 5.41. The Bertz CT molecular complexity index is 279. The van der Waals surface area contributed by atoms with E-state index in [1.54, 1.807) is 6.92 Å². The summed E-state index contributed by atoms with van der Waals surface area (Å²) in [7, 11) is -1.81. The summed E-state index contributed by atoms with van der Waals surface area (Å²) in [6.45, 7) is 1.94. The first kappa shape index (κ1) is 16.1. The van der Waals surface area contributed by atoms with Crippen LogP contribution in [0.3, 0.4) is 0 Å². The molecule has 0 aliphatic heterocycles. The summed E-state index contributed by atoms with van der Waals surface area (Å²) in [5.41, 5.74) is -1.09. The largest absolute Gasteiger partial charge is 0.389 e. The third-order valence-electron chi connectivity index (χ3n) is 2.06. The Labute approximate surface area is 102 Å². The Morgan fingerprint density at radius 2 is 2.12 bits per heavy atom. The second kappa shape index (κ2) is 7.45. The average Bonchev–Trinajstić information content (AvgIpc) is 2.22. The molecule has 0 aromatic carbocycles. The Kier molecular flexibility index (Phi) is 7.50. The highest BCUT2D eigenvalue weighted by molar-refractivity contribution is 7.89. The number of alkyl halides is 1. The molecule has 1 atom stereocenters. The van der Waals surface area contributed by atoms with Gasteiger partial charge >= 0.3 is 0 Å². The molecule has 7 heteroatoms. The van der Waals surface area contributed by atoms with Crippen molar-refractivity contribution in [1.29, 1.82) is 0 Å². The summed E-state index contributed by atoms with van der Waals surface area (Å²) in [4.78, 5) is 0. The normalized spacial score (nSPS) is 16.0. The van der Waals surface area contributed by atoms with Crippen LogP contribution < -0.4 is 4.72 Å². The molecule has 0 radical (unpaired) electrons. The number of hydrogen-bond donors (Lipinski definition) is 2. The van der Waals surface area contributed by atoms with Crippen LogP contribution in [0.25, 0.3) is 0 Å². The molecule has 0 amide bonds. The Balaban J connectivity index is 4.02. The maximum absolute atomic E-state index is 11.4. The Morgan fingerprint density at radius 3 is 2.62 bits per heavy atom. The lowest BCUT2D eigenvalue weighted by Gasteiger charge is -2.23. The molecule has 0 saturated heterocycles. The summed E-state index contributed by atoms with van der Waals surface area (Å²) in [6.07, 6.45) is 0.776. The lowest BCUT2D eigenvalue weighted by molar-refractivity contribution is 0.0292. The topological polar surface area (TPSA) is 75.6 Å². The number of aliphatic hydroxyl groups is 1. The Hall–Kier alpha value is 0.120. The highest BCUT2D eigenvalue weighted by Gasteiger charge is 2.22. The number of halogens is 1. The van der Waals surface area contributed by atoms with Gasteiger partial charge < -0.3 is 9.84 Å². The van der Waals surface area contributed by atoms with Gasteiger partial charge in [0.05, 0.1) is 11.4 Å². The molecular formula is C9H20ClNO4S. The molecule has 16 heavy (non-hydrogen) atoms. The number of nitrogens with one attached hydrogen (secondary N) is 1. The van der Waals surface area contributed by atoms with Crippen LogP contribution in [0, 0.1) is 0 Å². The molecule has 1 unspecified atom stereocenters. The van der Waals surface area contributed by atoms with Gasteiger partial charge in [-0.15, -0.1) is 11.6 Å². The molecule has 2 N–H and O–H groups in total. The number of rotatable bonds is 9. The number of sulfonamides is 1. The number of ether oxygens (including phenoxy) is 1. The molecule has 0 rings (SSSR count). The van der Waals surface area contributed by atoms with Crippen LogP contribution in [0.1, 0.15) is 19.8 Å².